The van der Waals surface area contributed by atoms with Crippen LogP contribution in [0, 0.1) is 5.92 Å². The third-order valence-electron chi connectivity index (χ3n) is 5.62. The van der Waals surface area contributed by atoms with Crippen LogP contribution < -0.4 is 10.6 Å². The molecule has 3 heterocycles. The highest BCUT2D eigenvalue weighted by Crippen LogP contribution is 2.32. The van der Waals surface area contributed by atoms with Crippen LogP contribution in [0.3, 0.4) is 0 Å². The maximum Gasteiger partial charge on any atom is 0.220 e. The number of hydrogen-bond acceptors (Lipinski definition) is 2. The number of aromatic nitrogens is 1. The lowest BCUT2D eigenvalue weighted by molar-refractivity contribution is -0.122. The first-order valence-corrected chi connectivity index (χ1v) is 9.34. The number of halogens is 2. The SMILES string of the molecule is Cl.Cl.O=C(CC1CC2CCC(C1)N2)NCCCn1ccc2ccccc21. The Balaban J connectivity index is 0.00000121. The predicted molar refractivity (Wildman–Crippen MR) is 111 cm³/mol. The van der Waals surface area contributed by atoms with Gasteiger partial charge in [0, 0.05) is 43.3 Å². The van der Waals surface area contributed by atoms with Crippen LogP contribution in [0.5, 0.6) is 0 Å². The molecule has 2 aromatic rings. The second kappa shape index (κ2) is 9.63. The topological polar surface area (TPSA) is 46.1 Å². The number of carbonyl (C=O) groups excluding carboxylic acids is 1. The normalized spacial score (nSPS) is 23.9. The summed E-state index contributed by atoms with van der Waals surface area (Å²) in [6.07, 6.45) is 8.78. The molecule has 2 N–H and O–H groups in total. The van der Waals surface area contributed by atoms with Crippen LogP contribution in [-0.2, 0) is 11.3 Å². The zero-order valence-electron chi connectivity index (χ0n) is 15.0. The van der Waals surface area contributed by atoms with Crippen LogP contribution in [0.15, 0.2) is 36.5 Å². The number of fused-ring (bicyclic) bond motifs is 3. The number of aryl methyl sites for hydroxylation is 1. The molecule has 2 fully saturated rings. The van der Waals surface area contributed by atoms with Gasteiger partial charge in [-0.1, -0.05) is 18.2 Å². The van der Waals surface area contributed by atoms with Gasteiger partial charge in [0.2, 0.25) is 5.91 Å². The minimum Gasteiger partial charge on any atom is -0.356 e. The maximum absolute atomic E-state index is 12.2. The molecule has 2 bridgehead atoms. The number of nitrogens with one attached hydrogen (secondary N) is 2. The Labute approximate surface area is 167 Å². The molecule has 6 heteroatoms. The summed E-state index contributed by atoms with van der Waals surface area (Å²) in [5.74, 6) is 0.816. The van der Waals surface area contributed by atoms with E-state index in [0.717, 1.165) is 19.5 Å². The minimum absolute atomic E-state index is 0. The molecule has 0 aliphatic carbocycles. The number of rotatable bonds is 6. The van der Waals surface area contributed by atoms with Crippen molar-refractivity contribution in [2.75, 3.05) is 6.54 Å². The van der Waals surface area contributed by atoms with Gasteiger partial charge in [0.05, 0.1) is 0 Å². The fraction of sp³-hybridized carbons (Fsp3) is 0.550. The Bertz CT molecular complexity index is 706. The Kier molecular flexibility index (Phi) is 7.81. The summed E-state index contributed by atoms with van der Waals surface area (Å²) < 4.78 is 2.27. The smallest absolute Gasteiger partial charge is 0.220 e. The van der Waals surface area contributed by atoms with Gasteiger partial charge in [0.1, 0.15) is 0 Å². The molecule has 0 radical (unpaired) electrons. The highest BCUT2D eigenvalue weighted by molar-refractivity contribution is 5.85. The summed E-state index contributed by atoms with van der Waals surface area (Å²) in [7, 11) is 0. The number of piperidine rings is 1. The van der Waals surface area contributed by atoms with Gasteiger partial charge < -0.3 is 15.2 Å². The summed E-state index contributed by atoms with van der Waals surface area (Å²) in [5, 5.41) is 8.04. The summed E-state index contributed by atoms with van der Waals surface area (Å²) >= 11 is 0. The predicted octanol–water partition coefficient (Wildman–Crippen LogP) is 3.91. The number of para-hydroxylation sites is 1. The Morgan fingerprint density at radius 3 is 2.62 bits per heavy atom. The van der Waals surface area contributed by atoms with Gasteiger partial charge in [-0.15, -0.1) is 24.8 Å². The van der Waals surface area contributed by atoms with Gasteiger partial charge in [-0.3, -0.25) is 4.79 Å². The van der Waals surface area contributed by atoms with Gasteiger partial charge in [-0.05, 0) is 55.5 Å². The molecule has 0 saturated carbocycles. The van der Waals surface area contributed by atoms with Crippen molar-refractivity contribution in [3.05, 3.63) is 36.5 Å². The molecule has 2 atom stereocenters. The fourth-order valence-corrected chi connectivity index (χ4v) is 4.49. The second-order valence-electron chi connectivity index (χ2n) is 7.45. The molecule has 4 rings (SSSR count). The van der Waals surface area contributed by atoms with Crippen LogP contribution in [-0.4, -0.2) is 29.1 Å². The van der Waals surface area contributed by atoms with Crippen molar-refractivity contribution in [2.45, 2.75) is 57.2 Å². The number of amides is 1. The van der Waals surface area contributed by atoms with E-state index in [1.54, 1.807) is 0 Å². The Morgan fingerprint density at radius 1 is 1.12 bits per heavy atom. The highest BCUT2D eigenvalue weighted by atomic mass is 35.5. The van der Waals surface area contributed by atoms with E-state index in [1.807, 2.05) is 0 Å². The standard InChI is InChI=1S/C20H27N3O.2ClH/c24-20(14-15-12-17-6-7-18(13-15)22-17)21-9-3-10-23-11-8-16-4-1-2-5-19(16)23;;/h1-2,4-5,8,11,15,17-18,22H,3,6-7,9-10,12-14H2,(H,21,24);2*1H. The summed E-state index contributed by atoms with van der Waals surface area (Å²) in [5.41, 5.74) is 1.27. The molecule has 1 aromatic heterocycles. The van der Waals surface area contributed by atoms with E-state index in [0.29, 0.717) is 24.4 Å². The largest absolute Gasteiger partial charge is 0.356 e. The van der Waals surface area contributed by atoms with Crippen molar-refractivity contribution in [1.29, 1.82) is 0 Å². The summed E-state index contributed by atoms with van der Waals surface area (Å²) in [6.45, 7) is 1.72. The van der Waals surface area contributed by atoms with Crippen LogP contribution >= 0.6 is 24.8 Å². The van der Waals surface area contributed by atoms with Gasteiger partial charge in [0.25, 0.3) is 0 Å². The number of benzene rings is 1. The molecule has 2 aliphatic heterocycles. The third kappa shape index (κ3) is 4.93. The van der Waals surface area contributed by atoms with Crippen molar-refractivity contribution < 1.29 is 4.79 Å². The van der Waals surface area contributed by atoms with Crippen molar-refractivity contribution in [1.82, 2.24) is 15.2 Å². The van der Waals surface area contributed by atoms with Crippen molar-refractivity contribution in [3.63, 3.8) is 0 Å². The lowest BCUT2D eigenvalue weighted by atomic mass is 9.89. The zero-order valence-corrected chi connectivity index (χ0v) is 16.7. The molecule has 144 valence electrons. The van der Waals surface area contributed by atoms with Crippen LogP contribution in [0.25, 0.3) is 10.9 Å². The average molecular weight is 398 g/mol. The van der Waals surface area contributed by atoms with Crippen LogP contribution in [0.2, 0.25) is 0 Å². The van der Waals surface area contributed by atoms with Gasteiger partial charge in [0.15, 0.2) is 0 Å². The van der Waals surface area contributed by atoms with Crippen LogP contribution in [0.4, 0.5) is 0 Å². The average Bonchev–Trinajstić information content (AvgIpc) is 3.15. The molecular formula is C20H29Cl2N3O. The molecule has 4 nitrogen and oxygen atoms in total. The van der Waals surface area contributed by atoms with E-state index in [9.17, 15) is 4.79 Å². The van der Waals surface area contributed by atoms with Gasteiger partial charge in [-0.2, -0.15) is 0 Å². The fourth-order valence-electron chi connectivity index (χ4n) is 4.49. The van der Waals surface area contributed by atoms with Crippen molar-refractivity contribution >= 4 is 41.6 Å². The van der Waals surface area contributed by atoms with E-state index < -0.39 is 0 Å². The second-order valence-corrected chi connectivity index (χ2v) is 7.45. The first kappa shape index (κ1) is 21.1. The van der Waals surface area contributed by atoms with Crippen molar-refractivity contribution in [2.24, 2.45) is 5.92 Å². The van der Waals surface area contributed by atoms with Crippen molar-refractivity contribution in [3.8, 4) is 0 Å². The Hall–Kier alpha value is -1.23. The number of nitrogens with zero attached hydrogens (tertiary/aromatic N) is 1. The van der Waals surface area contributed by atoms with E-state index in [2.05, 4.69) is 51.7 Å². The monoisotopic (exact) mass is 397 g/mol. The van der Waals surface area contributed by atoms with Gasteiger partial charge in [-0.25, -0.2) is 0 Å². The van der Waals surface area contributed by atoms with E-state index in [4.69, 9.17) is 0 Å². The molecule has 2 saturated heterocycles. The maximum atomic E-state index is 12.2. The summed E-state index contributed by atoms with van der Waals surface area (Å²) in [4.78, 5) is 12.2. The minimum atomic E-state index is 0. The lowest BCUT2D eigenvalue weighted by Crippen LogP contribution is -2.39. The van der Waals surface area contributed by atoms with E-state index in [1.165, 1.54) is 36.6 Å². The molecular weight excluding hydrogens is 369 g/mol. The Morgan fingerprint density at radius 2 is 1.85 bits per heavy atom. The third-order valence-corrected chi connectivity index (χ3v) is 5.62. The molecule has 26 heavy (non-hydrogen) atoms. The van der Waals surface area contributed by atoms with E-state index >= 15 is 0 Å². The van der Waals surface area contributed by atoms with E-state index in [-0.39, 0.29) is 30.7 Å². The first-order valence-electron chi connectivity index (χ1n) is 9.34. The molecule has 1 aromatic carbocycles. The number of hydrogen-bond donors (Lipinski definition) is 2. The molecule has 0 spiro atoms. The molecule has 2 aliphatic rings. The highest BCUT2D eigenvalue weighted by Gasteiger charge is 2.33. The van der Waals surface area contributed by atoms with Gasteiger partial charge >= 0.3 is 0 Å². The molecule has 2 unspecified atom stereocenters. The first-order chi connectivity index (χ1) is 11.8. The summed E-state index contributed by atoms with van der Waals surface area (Å²) in [6, 6.07) is 11.9. The number of carbonyl (C=O) groups is 1. The molecule has 1 amide bonds. The quantitative estimate of drug-likeness (QED) is 0.725. The lowest BCUT2D eigenvalue weighted by Gasteiger charge is -2.28. The zero-order chi connectivity index (χ0) is 16.4. The van der Waals surface area contributed by atoms with Crippen LogP contribution in [0.1, 0.15) is 38.5 Å².